The average molecular weight is 370 g/mol. The molecule has 1 rings (SSSR count). The highest BCUT2D eigenvalue weighted by Crippen LogP contribution is 2.09. The van der Waals surface area contributed by atoms with Crippen molar-refractivity contribution in [3.05, 3.63) is 35.4 Å². The van der Waals surface area contributed by atoms with Gasteiger partial charge in [0.1, 0.15) is 12.1 Å². The van der Waals surface area contributed by atoms with E-state index in [-0.39, 0.29) is 22.6 Å². The van der Waals surface area contributed by atoms with Gasteiger partial charge in [0.05, 0.1) is 12.5 Å². The van der Waals surface area contributed by atoms with E-state index < -0.39 is 20.2 Å². The van der Waals surface area contributed by atoms with Gasteiger partial charge in [-0.25, -0.2) is 0 Å². The van der Waals surface area contributed by atoms with Crippen molar-refractivity contribution in [3.63, 3.8) is 0 Å². The molecule has 0 aliphatic heterocycles. The molecule has 0 saturated carbocycles. The maximum absolute atomic E-state index is 10.9. The molecule has 0 atom stereocenters. The van der Waals surface area contributed by atoms with Crippen LogP contribution >= 0.6 is 0 Å². The summed E-state index contributed by atoms with van der Waals surface area (Å²) in [6.45, 7) is 0. The molecule has 1 aromatic rings. The Kier molecular flexibility index (Phi) is 6.00. The minimum Gasteiger partial charge on any atom is -0.267 e. The van der Waals surface area contributed by atoms with Crippen LogP contribution in [0.3, 0.4) is 0 Å². The standard InChI is InChI=1S/C12H10N4O6S2/c1-23(17,18)21-15-11(7-13)9-4-3-5-10(6-9)12(8-14)16-22-24(2,19)20/h3-6H,1-2H3/b15-11+,16-12+. The number of oxime groups is 2. The summed E-state index contributed by atoms with van der Waals surface area (Å²) in [5.74, 6) is 0. The highest BCUT2D eigenvalue weighted by molar-refractivity contribution is 7.86. The summed E-state index contributed by atoms with van der Waals surface area (Å²) >= 11 is 0. The smallest absolute Gasteiger partial charge is 0.267 e. The molecule has 0 bridgehead atoms. The van der Waals surface area contributed by atoms with Crippen molar-refractivity contribution < 1.29 is 25.4 Å². The maximum atomic E-state index is 10.9. The second kappa shape index (κ2) is 7.54. The Morgan fingerprint density at radius 1 is 0.917 bits per heavy atom. The summed E-state index contributed by atoms with van der Waals surface area (Å²) in [4.78, 5) is 0. The van der Waals surface area contributed by atoms with Crippen LogP contribution in [0.2, 0.25) is 0 Å². The van der Waals surface area contributed by atoms with E-state index in [1.165, 1.54) is 24.3 Å². The molecule has 0 saturated heterocycles. The van der Waals surface area contributed by atoms with E-state index in [4.69, 9.17) is 10.5 Å². The van der Waals surface area contributed by atoms with Gasteiger partial charge in [-0.05, 0) is 6.07 Å². The SMILES string of the molecule is CS(=O)(=O)O/N=C(\C#N)c1cccc(/C(C#N)=N/OS(C)(=O)=O)c1. The molecule has 1 aromatic carbocycles. The van der Waals surface area contributed by atoms with Crippen LogP contribution in [0.1, 0.15) is 11.1 Å². The van der Waals surface area contributed by atoms with Crippen LogP contribution < -0.4 is 0 Å². The normalized spacial score (nSPS) is 12.8. The van der Waals surface area contributed by atoms with Crippen molar-refractivity contribution >= 4 is 31.7 Å². The van der Waals surface area contributed by atoms with Crippen LogP contribution in [-0.4, -0.2) is 40.8 Å². The van der Waals surface area contributed by atoms with Crippen molar-refractivity contribution in [2.24, 2.45) is 10.3 Å². The van der Waals surface area contributed by atoms with Crippen LogP contribution in [0.25, 0.3) is 0 Å². The van der Waals surface area contributed by atoms with Gasteiger partial charge in [0, 0.05) is 11.1 Å². The van der Waals surface area contributed by atoms with Crippen molar-refractivity contribution in [2.75, 3.05) is 12.5 Å². The molecule has 10 nitrogen and oxygen atoms in total. The molecule has 0 N–H and O–H groups in total. The van der Waals surface area contributed by atoms with E-state index in [2.05, 4.69) is 18.9 Å². The summed E-state index contributed by atoms with van der Waals surface area (Å²) in [6, 6.07) is 8.78. The number of rotatable bonds is 6. The Morgan fingerprint density at radius 3 is 1.58 bits per heavy atom. The van der Waals surface area contributed by atoms with E-state index >= 15 is 0 Å². The number of nitrogens with zero attached hydrogens (tertiary/aromatic N) is 4. The molecule has 0 aromatic heterocycles. The number of benzene rings is 1. The van der Waals surface area contributed by atoms with Crippen LogP contribution in [0.4, 0.5) is 0 Å². The third-order valence-corrected chi connectivity index (χ3v) is 2.84. The fourth-order valence-electron chi connectivity index (χ4n) is 1.30. The average Bonchev–Trinajstić information content (AvgIpc) is 2.47. The molecule has 12 heteroatoms. The molecule has 0 heterocycles. The second-order valence-corrected chi connectivity index (χ2v) is 7.36. The van der Waals surface area contributed by atoms with E-state index in [0.717, 1.165) is 12.5 Å². The van der Waals surface area contributed by atoms with Crippen LogP contribution in [0.15, 0.2) is 34.6 Å². The minimum absolute atomic E-state index is 0.126. The van der Waals surface area contributed by atoms with Gasteiger partial charge < -0.3 is 0 Å². The summed E-state index contributed by atoms with van der Waals surface area (Å²) in [6.07, 6.45) is 1.51. The molecule has 0 aliphatic carbocycles. The highest BCUT2D eigenvalue weighted by Gasteiger charge is 2.11. The molecule has 24 heavy (non-hydrogen) atoms. The lowest BCUT2D eigenvalue weighted by atomic mass is 10.0. The Morgan fingerprint density at radius 2 is 1.29 bits per heavy atom. The first-order chi connectivity index (χ1) is 11.1. The molecule has 0 radical (unpaired) electrons. The fourth-order valence-corrected chi connectivity index (χ4v) is 1.72. The third-order valence-electron chi connectivity index (χ3n) is 2.15. The van der Waals surface area contributed by atoms with Gasteiger partial charge in [0.2, 0.25) is 0 Å². The first kappa shape index (κ1) is 19.1. The van der Waals surface area contributed by atoms with Crippen LogP contribution in [0.5, 0.6) is 0 Å². The van der Waals surface area contributed by atoms with Gasteiger partial charge in [-0.3, -0.25) is 8.57 Å². The van der Waals surface area contributed by atoms with Gasteiger partial charge in [0.25, 0.3) is 0 Å². The fraction of sp³-hybridized carbons (Fsp3) is 0.167. The van der Waals surface area contributed by atoms with Gasteiger partial charge in [-0.2, -0.15) is 27.4 Å². The van der Waals surface area contributed by atoms with E-state index in [0.29, 0.717) is 0 Å². The molecular formula is C12H10N4O6S2. The number of nitriles is 2. The maximum Gasteiger partial charge on any atom is 0.325 e. The molecular weight excluding hydrogens is 360 g/mol. The lowest BCUT2D eigenvalue weighted by molar-refractivity contribution is 0.343. The van der Waals surface area contributed by atoms with Gasteiger partial charge in [-0.1, -0.05) is 28.5 Å². The van der Waals surface area contributed by atoms with Crippen molar-refractivity contribution in [2.45, 2.75) is 0 Å². The van der Waals surface area contributed by atoms with Crippen molar-refractivity contribution in [3.8, 4) is 12.1 Å². The monoisotopic (exact) mass is 370 g/mol. The number of hydrogen-bond donors (Lipinski definition) is 0. The van der Waals surface area contributed by atoms with E-state index in [1.54, 1.807) is 12.1 Å². The van der Waals surface area contributed by atoms with Crippen molar-refractivity contribution in [1.29, 1.82) is 10.5 Å². The lowest BCUT2D eigenvalue weighted by Gasteiger charge is -2.02. The molecule has 0 spiro atoms. The quantitative estimate of drug-likeness (QED) is 0.503. The number of hydrogen-bond acceptors (Lipinski definition) is 10. The van der Waals surface area contributed by atoms with Crippen LogP contribution in [0, 0.1) is 22.7 Å². The van der Waals surface area contributed by atoms with Crippen LogP contribution in [-0.2, 0) is 28.8 Å². The molecule has 0 aliphatic rings. The Labute approximate surface area is 138 Å². The van der Waals surface area contributed by atoms with Gasteiger partial charge in [0.15, 0.2) is 11.4 Å². The predicted octanol–water partition coefficient (Wildman–Crippen LogP) is 0.0944. The first-order valence-electron chi connectivity index (χ1n) is 5.90. The van der Waals surface area contributed by atoms with Crippen molar-refractivity contribution in [1.82, 2.24) is 0 Å². The predicted molar refractivity (Wildman–Crippen MR) is 82.6 cm³/mol. The zero-order valence-corrected chi connectivity index (χ0v) is 14.0. The lowest BCUT2D eigenvalue weighted by Crippen LogP contribution is -2.06. The zero-order valence-electron chi connectivity index (χ0n) is 12.4. The Hall–Kier alpha value is -2.96. The summed E-state index contributed by atoms with van der Waals surface area (Å²) in [5, 5.41) is 24.5. The second-order valence-electron chi connectivity index (χ2n) is 4.24. The molecule has 0 fully saturated rings. The third kappa shape index (κ3) is 6.43. The minimum atomic E-state index is -3.89. The Bertz CT molecular complexity index is 904. The Balaban J connectivity index is 3.26. The summed E-state index contributed by atoms with van der Waals surface area (Å²) in [5.41, 5.74) is -0.492. The summed E-state index contributed by atoms with van der Waals surface area (Å²) in [7, 11) is -7.79. The van der Waals surface area contributed by atoms with E-state index in [9.17, 15) is 16.8 Å². The van der Waals surface area contributed by atoms with Gasteiger partial charge in [-0.15, -0.1) is 0 Å². The van der Waals surface area contributed by atoms with E-state index in [1.807, 2.05) is 0 Å². The van der Waals surface area contributed by atoms with Gasteiger partial charge >= 0.3 is 20.2 Å². The zero-order chi connectivity index (χ0) is 18.4. The first-order valence-corrected chi connectivity index (χ1v) is 9.53. The molecule has 126 valence electrons. The topological polar surface area (TPSA) is 159 Å². The summed E-state index contributed by atoms with van der Waals surface area (Å²) < 4.78 is 52.0. The molecule has 0 unspecified atom stereocenters. The molecule has 0 amide bonds. The largest absolute Gasteiger partial charge is 0.325 e. The highest BCUT2D eigenvalue weighted by atomic mass is 32.2.